The average Bonchev–Trinajstić information content (AvgIpc) is 2.90. The number of nitrogens with zero attached hydrogens (tertiary/aromatic N) is 2. The number of aromatic nitrogens is 2. The second-order valence-electron chi connectivity index (χ2n) is 4.29. The van der Waals surface area contributed by atoms with E-state index in [-0.39, 0.29) is 6.54 Å². The predicted molar refractivity (Wildman–Crippen MR) is 76.3 cm³/mol. The predicted octanol–water partition coefficient (Wildman–Crippen LogP) is 2.75. The molecule has 0 atom stereocenters. The third-order valence-electron chi connectivity index (χ3n) is 2.93. The van der Waals surface area contributed by atoms with Crippen LogP contribution < -0.4 is 10.5 Å². The van der Waals surface area contributed by atoms with Crippen LogP contribution in [-0.2, 0) is 6.54 Å². The minimum atomic E-state index is 0.273. The van der Waals surface area contributed by atoms with E-state index in [0.717, 1.165) is 17.0 Å². The molecule has 20 heavy (non-hydrogen) atoms. The summed E-state index contributed by atoms with van der Waals surface area (Å²) in [6.45, 7) is 2.89. The van der Waals surface area contributed by atoms with Crippen molar-refractivity contribution < 1.29 is 9.15 Å². The normalized spacial score (nSPS) is 10.9. The van der Waals surface area contributed by atoms with Crippen molar-refractivity contribution in [1.29, 1.82) is 0 Å². The van der Waals surface area contributed by atoms with Crippen LogP contribution in [0.5, 0.6) is 5.75 Å². The maximum atomic E-state index is 5.51. The molecule has 1 aromatic carbocycles. The summed E-state index contributed by atoms with van der Waals surface area (Å²) in [7, 11) is 0. The molecule has 0 aliphatic heterocycles. The SMILES string of the molecule is CCOc1ccc(-c2ccc3oc(CN)nc3n2)cc1. The molecule has 0 aliphatic rings. The molecule has 0 spiro atoms. The first-order valence-corrected chi connectivity index (χ1v) is 6.50. The summed E-state index contributed by atoms with van der Waals surface area (Å²) in [5, 5.41) is 0. The van der Waals surface area contributed by atoms with Gasteiger partial charge in [0.15, 0.2) is 11.2 Å². The molecule has 0 unspecified atom stereocenters. The molecule has 3 aromatic rings. The molecule has 0 fully saturated rings. The van der Waals surface area contributed by atoms with Crippen LogP contribution in [0.15, 0.2) is 40.8 Å². The zero-order valence-corrected chi connectivity index (χ0v) is 11.2. The van der Waals surface area contributed by atoms with Gasteiger partial charge in [-0.1, -0.05) is 0 Å². The van der Waals surface area contributed by atoms with Gasteiger partial charge in [-0.3, -0.25) is 0 Å². The van der Waals surface area contributed by atoms with Crippen molar-refractivity contribution in [3.63, 3.8) is 0 Å². The van der Waals surface area contributed by atoms with Crippen molar-refractivity contribution in [1.82, 2.24) is 9.97 Å². The van der Waals surface area contributed by atoms with Gasteiger partial charge in [0.2, 0.25) is 5.89 Å². The van der Waals surface area contributed by atoms with Crippen LogP contribution >= 0.6 is 0 Å². The first kappa shape index (κ1) is 12.6. The molecule has 102 valence electrons. The van der Waals surface area contributed by atoms with E-state index in [2.05, 4.69) is 9.97 Å². The monoisotopic (exact) mass is 269 g/mol. The molecule has 0 bridgehead atoms. The lowest BCUT2D eigenvalue weighted by molar-refractivity contribution is 0.340. The van der Waals surface area contributed by atoms with Gasteiger partial charge in [-0.05, 0) is 43.3 Å². The Morgan fingerprint density at radius 3 is 2.60 bits per heavy atom. The molecule has 5 nitrogen and oxygen atoms in total. The number of ether oxygens (including phenoxy) is 1. The third kappa shape index (κ3) is 2.35. The van der Waals surface area contributed by atoms with Crippen molar-refractivity contribution in [3.05, 3.63) is 42.3 Å². The zero-order chi connectivity index (χ0) is 13.9. The van der Waals surface area contributed by atoms with E-state index < -0.39 is 0 Å². The highest BCUT2D eigenvalue weighted by atomic mass is 16.5. The van der Waals surface area contributed by atoms with E-state index in [1.54, 1.807) is 0 Å². The highest BCUT2D eigenvalue weighted by Crippen LogP contribution is 2.23. The Kier molecular flexibility index (Phi) is 3.35. The summed E-state index contributed by atoms with van der Waals surface area (Å²) in [5.74, 6) is 1.35. The Labute approximate surface area is 116 Å². The van der Waals surface area contributed by atoms with Gasteiger partial charge >= 0.3 is 0 Å². The van der Waals surface area contributed by atoms with E-state index in [0.29, 0.717) is 23.7 Å². The molecule has 2 N–H and O–H groups in total. The quantitative estimate of drug-likeness (QED) is 0.788. The van der Waals surface area contributed by atoms with E-state index in [4.69, 9.17) is 14.9 Å². The molecule has 0 aliphatic carbocycles. The van der Waals surface area contributed by atoms with Crippen LogP contribution in [0.2, 0.25) is 0 Å². The molecule has 0 saturated heterocycles. The molecule has 0 saturated carbocycles. The summed E-state index contributed by atoms with van der Waals surface area (Å²) >= 11 is 0. The molecule has 5 heteroatoms. The standard InChI is InChI=1S/C15H15N3O2/c1-2-19-11-5-3-10(4-6-11)12-7-8-13-15(17-12)18-14(9-16)20-13/h3-8H,2,9,16H2,1H3. The number of nitrogens with two attached hydrogens (primary N) is 1. The highest BCUT2D eigenvalue weighted by Gasteiger charge is 2.08. The molecule has 3 rings (SSSR count). The Balaban J connectivity index is 1.96. The van der Waals surface area contributed by atoms with Crippen LogP contribution in [0.25, 0.3) is 22.5 Å². The zero-order valence-electron chi connectivity index (χ0n) is 11.2. The van der Waals surface area contributed by atoms with Gasteiger partial charge in [0.25, 0.3) is 0 Å². The van der Waals surface area contributed by atoms with Crippen LogP contribution in [-0.4, -0.2) is 16.6 Å². The van der Waals surface area contributed by atoms with Crippen LogP contribution in [0, 0.1) is 0 Å². The Morgan fingerprint density at radius 2 is 1.90 bits per heavy atom. The first-order chi connectivity index (χ1) is 9.80. The van der Waals surface area contributed by atoms with Gasteiger partial charge in [-0.2, -0.15) is 4.98 Å². The Morgan fingerprint density at radius 1 is 1.10 bits per heavy atom. The third-order valence-corrected chi connectivity index (χ3v) is 2.93. The van der Waals surface area contributed by atoms with Crippen molar-refractivity contribution in [2.24, 2.45) is 5.73 Å². The smallest absolute Gasteiger partial charge is 0.210 e. The van der Waals surface area contributed by atoms with Crippen LogP contribution in [0.3, 0.4) is 0 Å². The summed E-state index contributed by atoms with van der Waals surface area (Å²) in [5.41, 5.74) is 8.60. The van der Waals surface area contributed by atoms with E-state index in [1.807, 2.05) is 43.3 Å². The number of oxazole rings is 1. The summed E-state index contributed by atoms with van der Waals surface area (Å²) in [4.78, 5) is 8.73. The second kappa shape index (κ2) is 5.30. The van der Waals surface area contributed by atoms with Crippen molar-refractivity contribution in [2.45, 2.75) is 13.5 Å². The maximum Gasteiger partial charge on any atom is 0.210 e. The second-order valence-corrected chi connectivity index (χ2v) is 4.29. The van der Waals surface area contributed by atoms with Gasteiger partial charge in [0, 0.05) is 5.56 Å². The van der Waals surface area contributed by atoms with Gasteiger partial charge in [-0.25, -0.2) is 4.98 Å². The van der Waals surface area contributed by atoms with E-state index in [9.17, 15) is 0 Å². The van der Waals surface area contributed by atoms with Crippen molar-refractivity contribution >= 4 is 11.2 Å². The average molecular weight is 269 g/mol. The minimum Gasteiger partial charge on any atom is -0.494 e. The Bertz CT molecular complexity index is 720. The number of benzene rings is 1. The van der Waals surface area contributed by atoms with Gasteiger partial charge < -0.3 is 14.9 Å². The molecular weight excluding hydrogens is 254 g/mol. The first-order valence-electron chi connectivity index (χ1n) is 6.50. The molecule has 2 aromatic heterocycles. The lowest BCUT2D eigenvalue weighted by atomic mass is 10.1. The molecule has 2 heterocycles. The van der Waals surface area contributed by atoms with Gasteiger partial charge in [-0.15, -0.1) is 0 Å². The maximum absolute atomic E-state index is 5.51. The number of rotatable bonds is 4. The van der Waals surface area contributed by atoms with Crippen LogP contribution in [0.4, 0.5) is 0 Å². The van der Waals surface area contributed by atoms with Crippen molar-refractivity contribution in [2.75, 3.05) is 6.61 Å². The van der Waals surface area contributed by atoms with Gasteiger partial charge in [0.05, 0.1) is 18.8 Å². The van der Waals surface area contributed by atoms with Crippen molar-refractivity contribution in [3.8, 4) is 17.0 Å². The van der Waals surface area contributed by atoms with Gasteiger partial charge in [0.1, 0.15) is 5.75 Å². The topological polar surface area (TPSA) is 74.2 Å². The number of hydrogen-bond donors (Lipinski definition) is 1. The number of pyridine rings is 1. The lowest BCUT2D eigenvalue weighted by Crippen LogP contribution is -1.95. The fourth-order valence-corrected chi connectivity index (χ4v) is 2.00. The fourth-order valence-electron chi connectivity index (χ4n) is 2.00. The molecule has 0 radical (unpaired) electrons. The fraction of sp³-hybridized carbons (Fsp3) is 0.200. The van der Waals surface area contributed by atoms with Crippen LogP contribution in [0.1, 0.15) is 12.8 Å². The lowest BCUT2D eigenvalue weighted by Gasteiger charge is -2.04. The molecule has 0 amide bonds. The largest absolute Gasteiger partial charge is 0.494 e. The Hall–Kier alpha value is -2.40. The summed E-state index contributed by atoms with van der Waals surface area (Å²) in [6, 6.07) is 11.6. The minimum absolute atomic E-state index is 0.273. The molecular formula is C15H15N3O2. The number of hydrogen-bond acceptors (Lipinski definition) is 5. The van der Waals surface area contributed by atoms with E-state index in [1.165, 1.54) is 0 Å². The summed E-state index contributed by atoms with van der Waals surface area (Å²) in [6.07, 6.45) is 0. The summed E-state index contributed by atoms with van der Waals surface area (Å²) < 4.78 is 10.9. The highest BCUT2D eigenvalue weighted by molar-refractivity contribution is 5.73. The number of fused-ring (bicyclic) bond motifs is 1. The van der Waals surface area contributed by atoms with E-state index >= 15 is 0 Å².